The minimum Gasteiger partial charge on any atom is -0.356 e. The molecule has 1 aromatic heterocycles. The van der Waals surface area contributed by atoms with E-state index in [1.165, 1.54) is 32.4 Å². The van der Waals surface area contributed by atoms with E-state index in [1.807, 2.05) is 6.07 Å². The fourth-order valence-electron chi connectivity index (χ4n) is 5.19. The lowest BCUT2D eigenvalue weighted by atomic mass is 9.62. The van der Waals surface area contributed by atoms with Crippen LogP contribution in [-0.4, -0.2) is 60.0 Å². The maximum absolute atomic E-state index is 13.0. The largest absolute Gasteiger partial charge is 0.356 e. The predicted octanol–water partition coefficient (Wildman–Crippen LogP) is 2.32. The Bertz CT molecular complexity index is 625. The van der Waals surface area contributed by atoms with E-state index >= 15 is 0 Å². The van der Waals surface area contributed by atoms with E-state index in [0.29, 0.717) is 0 Å². The minimum atomic E-state index is 0.0806. The lowest BCUT2D eigenvalue weighted by Gasteiger charge is -2.42. The summed E-state index contributed by atoms with van der Waals surface area (Å²) in [4.78, 5) is 26.5. The summed E-state index contributed by atoms with van der Waals surface area (Å²) in [6.45, 7) is 8.33. The van der Waals surface area contributed by atoms with Gasteiger partial charge in [-0.3, -0.25) is 4.79 Å². The van der Waals surface area contributed by atoms with Gasteiger partial charge >= 0.3 is 0 Å². The monoisotopic (exact) mass is 371 g/mol. The van der Waals surface area contributed by atoms with Crippen LogP contribution in [0, 0.1) is 17.3 Å². The Morgan fingerprint density at radius 1 is 1.26 bits per heavy atom. The van der Waals surface area contributed by atoms with Crippen molar-refractivity contribution in [2.45, 2.75) is 45.4 Å². The molecule has 1 spiro atoms. The molecule has 1 aromatic rings. The third-order valence-electron chi connectivity index (χ3n) is 7.15. The molecule has 1 saturated carbocycles. The van der Waals surface area contributed by atoms with Gasteiger partial charge in [-0.05, 0) is 63.7 Å². The highest BCUT2D eigenvalue weighted by atomic mass is 16.2. The molecule has 1 aliphatic carbocycles. The number of carbonyl (C=O) groups excluding carboxylic acids is 1. The van der Waals surface area contributed by atoms with Crippen molar-refractivity contribution in [3.63, 3.8) is 0 Å². The van der Waals surface area contributed by atoms with Gasteiger partial charge in [-0.1, -0.05) is 13.3 Å². The maximum atomic E-state index is 13.0. The first-order chi connectivity index (χ1) is 13.2. The fraction of sp³-hybridized carbons (Fsp3) is 0.762. The van der Waals surface area contributed by atoms with Crippen LogP contribution in [0.4, 0.5) is 5.95 Å². The number of anilines is 1. The van der Waals surface area contributed by atoms with Gasteiger partial charge in [0.2, 0.25) is 11.9 Å². The summed E-state index contributed by atoms with van der Waals surface area (Å²) in [5.74, 6) is 1.86. The van der Waals surface area contributed by atoms with Crippen molar-refractivity contribution in [3.05, 3.63) is 18.5 Å². The second-order valence-electron chi connectivity index (χ2n) is 8.66. The van der Waals surface area contributed by atoms with E-state index in [-0.39, 0.29) is 17.2 Å². The molecular weight excluding hydrogens is 338 g/mol. The molecule has 1 amide bonds. The van der Waals surface area contributed by atoms with Crippen LogP contribution in [0.5, 0.6) is 0 Å². The SMILES string of the molecule is CCN1CCC(CCNC(=O)C2CN(c3ncccn3)CC23CCC3)CC1. The van der Waals surface area contributed by atoms with E-state index in [2.05, 4.69) is 32.0 Å². The molecule has 2 aliphatic heterocycles. The van der Waals surface area contributed by atoms with Crippen molar-refractivity contribution < 1.29 is 4.79 Å². The van der Waals surface area contributed by atoms with Gasteiger partial charge in [-0.15, -0.1) is 0 Å². The molecule has 2 saturated heterocycles. The van der Waals surface area contributed by atoms with Crippen molar-refractivity contribution >= 4 is 11.9 Å². The summed E-state index contributed by atoms with van der Waals surface area (Å²) in [6.07, 6.45) is 10.8. The first-order valence-corrected chi connectivity index (χ1v) is 10.7. The van der Waals surface area contributed by atoms with Crippen LogP contribution in [0.3, 0.4) is 0 Å². The molecule has 4 rings (SSSR count). The molecule has 3 fully saturated rings. The van der Waals surface area contributed by atoms with Gasteiger partial charge in [0.05, 0.1) is 5.92 Å². The van der Waals surface area contributed by atoms with Crippen LogP contribution in [0.25, 0.3) is 0 Å². The van der Waals surface area contributed by atoms with Crippen LogP contribution >= 0.6 is 0 Å². The average Bonchev–Trinajstić information content (AvgIpc) is 3.11. The van der Waals surface area contributed by atoms with Gasteiger partial charge in [0.15, 0.2) is 0 Å². The number of nitrogens with zero attached hydrogens (tertiary/aromatic N) is 4. The molecular formula is C21H33N5O. The Hall–Kier alpha value is -1.69. The summed E-state index contributed by atoms with van der Waals surface area (Å²) in [6, 6.07) is 1.84. The molecule has 1 N–H and O–H groups in total. The van der Waals surface area contributed by atoms with Crippen molar-refractivity contribution in [2.24, 2.45) is 17.3 Å². The lowest BCUT2D eigenvalue weighted by Crippen LogP contribution is -2.45. The quantitative estimate of drug-likeness (QED) is 0.832. The molecule has 0 aromatic carbocycles. The van der Waals surface area contributed by atoms with Gasteiger partial charge in [-0.2, -0.15) is 0 Å². The highest BCUT2D eigenvalue weighted by Crippen LogP contribution is 2.52. The first kappa shape index (κ1) is 18.7. The number of likely N-dealkylation sites (tertiary alicyclic amines) is 1. The predicted molar refractivity (Wildman–Crippen MR) is 106 cm³/mol. The summed E-state index contributed by atoms with van der Waals surface area (Å²) in [5, 5.41) is 3.27. The molecule has 6 heteroatoms. The highest BCUT2D eigenvalue weighted by Gasteiger charge is 2.53. The average molecular weight is 372 g/mol. The number of hydrogen-bond acceptors (Lipinski definition) is 5. The number of rotatable bonds is 6. The zero-order valence-corrected chi connectivity index (χ0v) is 16.6. The molecule has 3 aliphatic rings. The van der Waals surface area contributed by atoms with E-state index in [0.717, 1.165) is 57.3 Å². The highest BCUT2D eigenvalue weighted by molar-refractivity contribution is 5.81. The molecule has 1 atom stereocenters. The van der Waals surface area contributed by atoms with E-state index in [4.69, 9.17) is 0 Å². The van der Waals surface area contributed by atoms with Crippen molar-refractivity contribution in [1.29, 1.82) is 0 Å². The van der Waals surface area contributed by atoms with Crippen molar-refractivity contribution in [2.75, 3.05) is 44.2 Å². The zero-order valence-electron chi connectivity index (χ0n) is 16.6. The van der Waals surface area contributed by atoms with Gasteiger partial charge in [-0.25, -0.2) is 9.97 Å². The number of carbonyl (C=O) groups is 1. The maximum Gasteiger partial charge on any atom is 0.225 e. The third kappa shape index (κ3) is 3.96. The van der Waals surface area contributed by atoms with Crippen molar-refractivity contribution in [1.82, 2.24) is 20.2 Å². The van der Waals surface area contributed by atoms with E-state index in [9.17, 15) is 4.79 Å². The van der Waals surface area contributed by atoms with Gasteiger partial charge in [0.1, 0.15) is 0 Å². The standard InChI is InChI=1S/C21H33N5O/c1-2-25-13-6-17(7-14-25)5-12-22-19(27)18-15-26(16-21(18)8-3-9-21)20-23-10-4-11-24-20/h4,10-11,17-18H,2-3,5-9,12-16H2,1H3,(H,22,27). The topological polar surface area (TPSA) is 61.4 Å². The lowest BCUT2D eigenvalue weighted by molar-refractivity contribution is -0.129. The summed E-state index contributed by atoms with van der Waals surface area (Å²) in [5.41, 5.74) is 0.149. The van der Waals surface area contributed by atoms with Gasteiger partial charge in [0, 0.05) is 37.4 Å². The summed E-state index contributed by atoms with van der Waals surface area (Å²) < 4.78 is 0. The second-order valence-corrected chi connectivity index (χ2v) is 8.66. The number of nitrogens with one attached hydrogen (secondary N) is 1. The van der Waals surface area contributed by atoms with E-state index in [1.54, 1.807) is 12.4 Å². The van der Waals surface area contributed by atoms with Crippen LogP contribution in [-0.2, 0) is 4.79 Å². The Labute approximate surface area is 162 Å². The number of amides is 1. The Kier molecular flexibility index (Phi) is 5.62. The molecule has 27 heavy (non-hydrogen) atoms. The number of piperidine rings is 1. The molecule has 0 bridgehead atoms. The van der Waals surface area contributed by atoms with Crippen LogP contribution in [0.2, 0.25) is 0 Å². The number of hydrogen-bond donors (Lipinski definition) is 1. The summed E-state index contributed by atoms with van der Waals surface area (Å²) >= 11 is 0. The van der Waals surface area contributed by atoms with Crippen LogP contribution < -0.4 is 10.2 Å². The Morgan fingerprint density at radius 3 is 2.63 bits per heavy atom. The molecule has 148 valence electrons. The van der Waals surface area contributed by atoms with Gasteiger partial charge < -0.3 is 15.1 Å². The molecule has 0 radical (unpaired) electrons. The minimum absolute atomic E-state index is 0.0806. The number of aromatic nitrogens is 2. The molecule has 1 unspecified atom stereocenters. The van der Waals surface area contributed by atoms with Crippen LogP contribution in [0.15, 0.2) is 18.5 Å². The fourth-order valence-corrected chi connectivity index (χ4v) is 5.19. The molecule has 6 nitrogen and oxygen atoms in total. The second kappa shape index (κ2) is 8.13. The third-order valence-corrected chi connectivity index (χ3v) is 7.15. The Morgan fingerprint density at radius 2 is 2.00 bits per heavy atom. The first-order valence-electron chi connectivity index (χ1n) is 10.7. The smallest absolute Gasteiger partial charge is 0.225 e. The Balaban J connectivity index is 1.29. The van der Waals surface area contributed by atoms with Gasteiger partial charge in [0.25, 0.3) is 0 Å². The molecule has 3 heterocycles. The van der Waals surface area contributed by atoms with E-state index < -0.39 is 0 Å². The summed E-state index contributed by atoms with van der Waals surface area (Å²) in [7, 11) is 0. The normalized spacial score (nSPS) is 25.5. The van der Waals surface area contributed by atoms with Crippen LogP contribution in [0.1, 0.15) is 45.4 Å². The van der Waals surface area contributed by atoms with Crippen molar-refractivity contribution in [3.8, 4) is 0 Å². The zero-order chi connectivity index (χ0) is 18.7.